The van der Waals surface area contributed by atoms with Gasteiger partial charge in [0.1, 0.15) is 0 Å². The number of nitrogens with zero attached hydrogens (tertiary/aromatic N) is 4. The monoisotopic (exact) mass is 705 g/mol. The molecule has 0 spiro atoms. The van der Waals surface area contributed by atoms with Crippen LogP contribution in [-0.2, 0) is 13.5 Å². The molecule has 0 atom stereocenters. The van der Waals surface area contributed by atoms with E-state index in [0.29, 0.717) is 0 Å². The van der Waals surface area contributed by atoms with Crippen molar-refractivity contribution in [3.8, 4) is 0 Å². The van der Waals surface area contributed by atoms with Gasteiger partial charge in [-0.05, 0) is 88.1 Å². The van der Waals surface area contributed by atoms with Crippen LogP contribution in [0.25, 0.3) is 0 Å². The van der Waals surface area contributed by atoms with E-state index in [2.05, 4.69) is 92.2 Å². The van der Waals surface area contributed by atoms with Crippen LogP contribution >= 0.6 is 19.4 Å². The van der Waals surface area contributed by atoms with E-state index in [1.807, 2.05) is 60.9 Å². The molecule has 0 bridgehead atoms. The van der Waals surface area contributed by atoms with Gasteiger partial charge in [0, 0.05) is 49.3 Å². The average Bonchev–Trinajstić information content (AvgIpc) is 3.42. The van der Waals surface area contributed by atoms with E-state index >= 15 is 0 Å². The van der Waals surface area contributed by atoms with Crippen molar-refractivity contribution in [1.29, 1.82) is 0 Å². The fourth-order valence-corrected chi connectivity index (χ4v) is 6.20. The third-order valence-electron chi connectivity index (χ3n) is 6.32. The smallest absolute Gasteiger partial charge is 0.0267 e. The SMILES string of the molecule is CC(C)=C[CH]=[Ru]([Cl])[Cl].Cc1cc(C)c(N2[CH-]N(c3c(C)cc(C)cc3C)CC2)c(C)c1.c1ccncc1.c1ccncc1. The van der Waals surface area contributed by atoms with Crippen LogP contribution in [-0.4, -0.2) is 27.7 Å². The van der Waals surface area contributed by atoms with Crippen molar-refractivity contribution in [1.82, 2.24) is 9.97 Å². The number of hydrogen-bond acceptors (Lipinski definition) is 4. The van der Waals surface area contributed by atoms with Crippen molar-refractivity contribution in [3.63, 3.8) is 0 Å². The number of aryl methyl sites for hydroxylation is 6. The van der Waals surface area contributed by atoms with E-state index in [9.17, 15) is 0 Å². The van der Waals surface area contributed by atoms with E-state index in [1.54, 1.807) is 24.8 Å². The second-order valence-electron chi connectivity index (χ2n) is 10.6. The van der Waals surface area contributed by atoms with Gasteiger partial charge < -0.3 is 9.80 Å². The molecule has 1 aliphatic heterocycles. The summed E-state index contributed by atoms with van der Waals surface area (Å²) in [4.78, 5) is 12.4. The maximum absolute atomic E-state index is 5.53. The number of allylic oxidation sites excluding steroid dienone is 2. The van der Waals surface area contributed by atoms with Crippen LogP contribution in [0.2, 0.25) is 0 Å². The summed E-state index contributed by atoms with van der Waals surface area (Å²) in [6, 6.07) is 20.5. The van der Waals surface area contributed by atoms with Gasteiger partial charge in [-0.25, -0.2) is 0 Å². The van der Waals surface area contributed by atoms with Crippen molar-refractivity contribution < 1.29 is 13.5 Å². The molecule has 7 heteroatoms. The van der Waals surface area contributed by atoms with Crippen LogP contribution in [0.1, 0.15) is 47.2 Å². The number of pyridine rings is 2. The fourth-order valence-electron chi connectivity index (χ4n) is 4.88. The van der Waals surface area contributed by atoms with Gasteiger partial charge in [0.25, 0.3) is 0 Å². The normalized spacial score (nSPS) is 12.0. The minimum absolute atomic E-state index is 1.04. The van der Waals surface area contributed by atoms with Crippen molar-refractivity contribution >= 4 is 35.4 Å². The van der Waals surface area contributed by atoms with Crippen LogP contribution in [0.5, 0.6) is 0 Å². The minimum Gasteiger partial charge on any atom is -0.502 e. The first-order valence-electron chi connectivity index (χ1n) is 14.2. The third-order valence-corrected chi connectivity index (χ3v) is 8.10. The van der Waals surface area contributed by atoms with E-state index in [4.69, 9.17) is 19.4 Å². The van der Waals surface area contributed by atoms with E-state index < -0.39 is 13.5 Å². The maximum atomic E-state index is 5.53. The van der Waals surface area contributed by atoms with E-state index in [0.717, 1.165) is 13.1 Å². The topological polar surface area (TPSA) is 32.3 Å². The van der Waals surface area contributed by atoms with Crippen molar-refractivity contribution in [2.75, 3.05) is 22.9 Å². The Morgan fingerprint density at radius 3 is 1.21 bits per heavy atom. The molecule has 1 aliphatic rings. The first-order valence-corrected chi connectivity index (χ1v) is 19.7. The number of aromatic nitrogens is 2. The van der Waals surface area contributed by atoms with Gasteiger partial charge in [0.05, 0.1) is 0 Å². The number of hydrogen-bond donors (Lipinski definition) is 0. The van der Waals surface area contributed by atoms with Gasteiger partial charge in [0.2, 0.25) is 0 Å². The molecule has 0 aliphatic carbocycles. The second kappa shape index (κ2) is 19.4. The van der Waals surface area contributed by atoms with Gasteiger partial charge in [-0.2, -0.15) is 6.67 Å². The third kappa shape index (κ3) is 13.6. The number of rotatable bonds is 3. The standard InChI is InChI=1S/C21H27N2.2C5H5N.C5H8.2ClH.Ru/c1-14-9-16(3)20(17(4)10-14)22-7-8-23(13-22)21-18(5)11-15(2)12-19(21)6;2*1-2-4-6-5-3-1;1-4-5(2)3;;;/h9-13H,7-8H2,1-6H3;2*1-5H;1,4H,2-3H3;2*1H;/q-1;;;;;;+2/p-2. The maximum Gasteiger partial charge on any atom is 0.0267 e. The summed E-state index contributed by atoms with van der Waals surface area (Å²) in [5, 5.41) is 0. The summed E-state index contributed by atoms with van der Waals surface area (Å²) in [6.07, 6.45) is 8.96. The summed E-state index contributed by atoms with van der Waals surface area (Å²) in [5.74, 6) is 0. The summed E-state index contributed by atoms with van der Waals surface area (Å²) in [5.41, 5.74) is 12.1. The zero-order valence-electron chi connectivity index (χ0n) is 26.6. The number of halogens is 2. The Hall–Kier alpha value is -2.85. The molecule has 1 saturated heterocycles. The van der Waals surface area contributed by atoms with Crippen LogP contribution in [0, 0.1) is 48.2 Å². The van der Waals surface area contributed by atoms with Crippen molar-refractivity contribution in [2.45, 2.75) is 55.4 Å². The van der Waals surface area contributed by atoms with Gasteiger partial charge in [-0.1, -0.05) is 47.5 Å². The predicted molar refractivity (Wildman–Crippen MR) is 186 cm³/mol. The second-order valence-corrected chi connectivity index (χ2v) is 16.4. The van der Waals surface area contributed by atoms with E-state index in [-0.39, 0.29) is 0 Å². The Morgan fingerprint density at radius 2 is 1.00 bits per heavy atom. The fraction of sp³-hybridized carbons (Fsp3) is 0.278. The van der Waals surface area contributed by atoms with Crippen LogP contribution in [0.3, 0.4) is 0 Å². The molecule has 0 unspecified atom stereocenters. The Balaban J connectivity index is 0.000000260. The van der Waals surface area contributed by atoms with Crippen LogP contribution in [0.4, 0.5) is 11.4 Å². The molecule has 2 aromatic carbocycles. The van der Waals surface area contributed by atoms with Gasteiger partial charge in [-0.15, -0.1) is 0 Å². The Kier molecular flexibility index (Phi) is 16.4. The molecule has 3 heterocycles. The molecule has 0 amide bonds. The summed E-state index contributed by atoms with van der Waals surface area (Å²) in [7, 11) is 11.1. The molecule has 5 rings (SSSR count). The zero-order valence-corrected chi connectivity index (χ0v) is 29.9. The molecule has 0 radical (unpaired) electrons. The quantitative estimate of drug-likeness (QED) is 0.157. The van der Waals surface area contributed by atoms with Crippen molar-refractivity contribution in [2.24, 2.45) is 0 Å². The van der Waals surface area contributed by atoms with Crippen molar-refractivity contribution in [3.05, 3.63) is 137 Å². The molecule has 0 N–H and O–H groups in total. The largest absolute Gasteiger partial charge is 0.502 e. The van der Waals surface area contributed by atoms with Gasteiger partial charge in [0.15, 0.2) is 0 Å². The zero-order chi connectivity index (χ0) is 31.8. The van der Waals surface area contributed by atoms with Gasteiger partial charge in [-0.3, -0.25) is 9.97 Å². The van der Waals surface area contributed by atoms with Crippen LogP contribution in [0.15, 0.2) is 97.1 Å². The number of benzene rings is 2. The number of anilines is 2. The average molecular weight is 706 g/mol. The molecule has 1 fully saturated rings. The Morgan fingerprint density at radius 1 is 0.651 bits per heavy atom. The molecule has 232 valence electrons. The summed E-state index contributed by atoms with van der Waals surface area (Å²) >= 11 is -1.52. The molecule has 43 heavy (non-hydrogen) atoms. The molecule has 4 nitrogen and oxygen atoms in total. The first-order chi connectivity index (χ1) is 20.5. The van der Waals surface area contributed by atoms with E-state index in [1.165, 1.54) is 50.3 Å². The Bertz CT molecular complexity index is 1240. The molecular formula is C36H45Cl2N4Ru-. The molecule has 0 saturated carbocycles. The van der Waals surface area contributed by atoms with Gasteiger partial charge >= 0.3 is 63.0 Å². The summed E-state index contributed by atoms with van der Waals surface area (Å²) in [6.45, 7) is 21.6. The van der Waals surface area contributed by atoms with Crippen LogP contribution < -0.4 is 9.80 Å². The minimum atomic E-state index is -1.52. The Labute approximate surface area is 272 Å². The first kappa shape index (κ1) is 36.3. The molecule has 4 aromatic rings. The predicted octanol–water partition coefficient (Wildman–Crippen LogP) is 9.83. The molecule has 2 aromatic heterocycles. The molecular weight excluding hydrogens is 660 g/mol. The summed E-state index contributed by atoms with van der Waals surface area (Å²) < 4.78 is 1.88.